The van der Waals surface area contributed by atoms with Crippen LogP contribution < -0.4 is 11.1 Å². The van der Waals surface area contributed by atoms with Crippen LogP contribution in [0.15, 0.2) is 18.2 Å². The zero-order valence-corrected chi connectivity index (χ0v) is 7.39. The molecule has 2 rings (SSSR count). The first-order chi connectivity index (χ1) is 6.27. The summed E-state index contributed by atoms with van der Waals surface area (Å²) >= 11 is 0. The molecule has 0 amide bonds. The van der Waals surface area contributed by atoms with E-state index in [0.29, 0.717) is 11.6 Å². The number of nitrogen functional groups attached to an aromatic ring is 1. The molecule has 13 heavy (non-hydrogen) atoms. The molecule has 0 aliphatic carbocycles. The lowest BCUT2D eigenvalue weighted by Crippen LogP contribution is -2.09. The van der Waals surface area contributed by atoms with Gasteiger partial charge < -0.3 is 11.1 Å². The third kappa shape index (κ3) is 1.65. The Kier molecular flexibility index (Phi) is 2.19. The summed E-state index contributed by atoms with van der Waals surface area (Å²) < 4.78 is 12.9. The summed E-state index contributed by atoms with van der Waals surface area (Å²) in [5.41, 5.74) is 7.43. The van der Waals surface area contributed by atoms with Crippen LogP contribution in [0, 0.1) is 5.82 Å². The van der Waals surface area contributed by atoms with Crippen LogP contribution in [0.3, 0.4) is 0 Å². The summed E-state index contributed by atoms with van der Waals surface area (Å²) in [6.07, 6.45) is 1.05. The molecule has 2 nitrogen and oxygen atoms in total. The van der Waals surface area contributed by atoms with Crippen LogP contribution in [0.5, 0.6) is 0 Å². The third-order valence-electron chi connectivity index (χ3n) is 2.55. The molecule has 1 aromatic carbocycles. The maximum atomic E-state index is 12.9. The van der Waals surface area contributed by atoms with Crippen LogP contribution in [0.2, 0.25) is 0 Å². The molecular formula is C10H13FN2. The van der Waals surface area contributed by atoms with E-state index in [2.05, 4.69) is 5.32 Å². The molecule has 1 aliphatic heterocycles. The summed E-state index contributed by atoms with van der Waals surface area (Å²) in [6, 6.07) is 4.59. The average Bonchev–Trinajstić information content (AvgIpc) is 2.61. The second-order valence-corrected chi connectivity index (χ2v) is 3.46. The minimum absolute atomic E-state index is 0.198. The Hall–Kier alpha value is -1.09. The quantitative estimate of drug-likeness (QED) is 0.642. The molecule has 1 fully saturated rings. The average molecular weight is 180 g/mol. The van der Waals surface area contributed by atoms with Crippen molar-refractivity contribution in [3.8, 4) is 0 Å². The molecule has 0 aromatic heterocycles. The van der Waals surface area contributed by atoms with Crippen molar-refractivity contribution >= 4 is 5.69 Å². The Morgan fingerprint density at radius 3 is 3.00 bits per heavy atom. The molecule has 0 spiro atoms. The van der Waals surface area contributed by atoms with E-state index in [1.807, 2.05) is 0 Å². The van der Waals surface area contributed by atoms with Crippen molar-refractivity contribution in [2.75, 3.05) is 18.8 Å². The molecule has 0 saturated carbocycles. The number of nitrogens with one attached hydrogen (secondary N) is 1. The summed E-state index contributed by atoms with van der Waals surface area (Å²) in [5, 5.41) is 3.24. The molecule has 1 atom stereocenters. The van der Waals surface area contributed by atoms with Crippen molar-refractivity contribution in [3.05, 3.63) is 29.6 Å². The van der Waals surface area contributed by atoms with E-state index in [4.69, 9.17) is 5.73 Å². The first-order valence-corrected chi connectivity index (χ1v) is 4.53. The van der Waals surface area contributed by atoms with Gasteiger partial charge in [-0.3, -0.25) is 0 Å². The first kappa shape index (κ1) is 8.51. The van der Waals surface area contributed by atoms with Gasteiger partial charge in [0.15, 0.2) is 0 Å². The lowest BCUT2D eigenvalue weighted by Gasteiger charge is -2.11. The van der Waals surface area contributed by atoms with Crippen molar-refractivity contribution in [1.29, 1.82) is 0 Å². The lowest BCUT2D eigenvalue weighted by molar-refractivity contribution is 0.621. The molecule has 1 heterocycles. The number of rotatable bonds is 1. The van der Waals surface area contributed by atoms with Crippen LogP contribution >= 0.6 is 0 Å². The van der Waals surface area contributed by atoms with Gasteiger partial charge in [0.05, 0.1) is 0 Å². The van der Waals surface area contributed by atoms with E-state index in [0.717, 1.165) is 25.1 Å². The molecule has 1 saturated heterocycles. The Labute approximate surface area is 76.9 Å². The van der Waals surface area contributed by atoms with Crippen molar-refractivity contribution in [3.63, 3.8) is 0 Å². The molecule has 0 radical (unpaired) electrons. The van der Waals surface area contributed by atoms with E-state index < -0.39 is 0 Å². The second kappa shape index (κ2) is 3.34. The Bertz CT molecular complexity index is 306. The van der Waals surface area contributed by atoms with Gasteiger partial charge >= 0.3 is 0 Å². The van der Waals surface area contributed by atoms with E-state index in [-0.39, 0.29) is 5.82 Å². The lowest BCUT2D eigenvalue weighted by atomic mass is 9.97. The molecule has 1 aliphatic rings. The largest absolute Gasteiger partial charge is 0.398 e. The Morgan fingerprint density at radius 1 is 1.46 bits per heavy atom. The fourth-order valence-electron chi connectivity index (χ4n) is 1.82. The van der Waals surface area contributed by atoms with Gasteiger partial charge in [-0.1, -0.05) is 0 Å². The van der Waals surface area contributed by atoms with Gasteiger partial charge in [-0.25, -0.2) is 4.39 Å². The fourth-order valence-corrected chi connectivity index (χ4v) is 1.82. The Morgan fingerprint density at radius 2 is 2.31 bits per heavy atom. The third-order valence-corrected chi connectivity index (χ3v) is 2.55. The summed E-state index contributed by atoms with van der Waals surface area (Å²) in [7, 11) is 0. The number of halogens is 1. The van der Waals surface area contributed by atoms with Crippen LogP contribution in [0.4, 0.5) is 10.1 Å². The molecule has 1 unspecified atom stereocenters. The van der Waals surface area contributed by atoms with E-state index >= 15 is 0 Å². The highest BCUT2D eigenvalue weighted by Gasteiger charge is 2.18. The van der Waals surface area contributed by atoms with Gasteiger partial charge in [-0.15, -0.1) is 0 Å². The van der Waals surface area contributed by atoms with Gasteiger partial charge in [0.2, 0.25) is 0 Å². The highest BCUT2D eigenvalue weighted by Crippen LogP contribution is 2.27. The standard InChI is InChI=1S/C10H13FN2/c11-8-1-2-10(12)9(5-8)7-3-4-13-6-7/h1-2,5,7,13H,3-4,6,12H2. The zero-order chi connectivity index (χ0) is 9.26. The van der Waals surface area contributed by atoms with Crippen molar-refractivity contribution < 1.29 is 4.39 Å². The maximum Gasteiger partial charge on any atom is 0.123 e. The smallest absolute Gasteiger partial charge is 0.123 e. The minimum Gasteiger partial charge on any atom is -0.398 e. The number of hydrogen-bond acceptors (Lipinski definition) is 2. The molecule has 70 valence electrons. The monoisotopic (exact) mass is 180 g/mol. The number of hydrogen-bond donors (Lipinski definition) is 2. The SMILES string of the molecule is Nc1ccc(F)cc1C1CCNC1. The van der Waals surface area contributed by atoms with Gasteiger partial charge in [-0.2, -0.15) is 0 Å². The fraction of sp³-hybridized carbons (Fsp3) is 0.400. The zero-order valence-electron chi connectivity index (χ0n) is 7.39. The highest BCUT2D eigenvalue weighted by molar-refractivity contribution is 5.49. The van der Waals surface area contributed by atoms with Crippen LogP contribution in [-0.2, 0) is 0 Å². The Balaban J connectivity index is 2.32. The highest BCUT2D eigenvalue weighted by atomic mass is 19.1. The molecule has 0 bridgehead atoms. The normalized spacial score (nSPS) is 22.1. The molecule has 1 aromatic rings. The van der Waals surface area contributed by atoms with Gasteiger partial charge in [0.1, 0.15) is 5.82 Å². The predicted molar refractivity (Wildman–Crippen MR) is 51.0 cm³/mol. The summed E-state index contributed by atoms with van der Waals surface area (Å²) in [4.78, 5) is 0. The van der Waals surface area contributed by atoms with E-state index in [1.54, 1.807) is 12.1 Å². The van der Waals surface area contributed by atoms with Crippen molar-refractivity contribution in [2.45, 2.75) is 12.3 Å². The topological polar surface area (TPSA) is 38.0 Å². The predicted octanol–water partition coefficient (Wildman–Crippen LogP) is 1.48. The summed E-state index contributed by atoms with van der Waals surface area (Å²) in [5.74, 6) is 0.187. The van der Waals surface area contributed by atoms with Crippen molar-refractivity contribution in [1.82, 2.24) is 5.32 Å². The molecule has 3 N–H and O–H groups in total. The number of benzene rings is 1. The van der Waals surface area contributed by atoms with Gasteiger partial charge in [0, 0.05) is 12.2 Å². The van der Waals surface area contributed by atoms with Crippen LogP contribution in [-0.4, -0.2) is 13.1 Å². The van der Waals surface area contributed by atoms with Crippen LogP contribution in [0.1, 0.15) is 17.9 Å². The maximum absolute atomic E-state index is 12.9. The van der Waals surface area contributed by atoms with E-state index in [1.165, 1.54) is 6.07 Å². The number of nitrogens with two attached hydrogens (primary N) is 1. The molecular weight excluding hydrogens is 167 g/mol. The summed E-state index contributed by atoms with van der Waals surface area (Å²) in [6.45, 7) is 1.91. The van der Waals surface area contributed by atoms with Crippen molar-refractivity contribution in [2.24, 2.45) is 0 Å². The van der Waals surface area contributed by atoms with Crippen LogP contribution in [0.25, 0.3) is 0 Å². The van der Waals surface area contributed by atoms with Gasteiger partial charge in [-0.05, 0) is 42.6 Å². The molecule has 3 heteroatoms. The van der Waals surface area contributed by atoms with Gasteiger partial charge in [0.25, 0.3) is 0 Å². The minimum atomic E-state index is -0.198. The van der Waals surface area contributed by atoms with E-state index in [9.17, 15) is 4.39 Å². The second-order valence-electron chi connectivity index (χ2n) is 3.46. The first-order valence-electron chi connectivity index (χ1n) is 4.53. The number of anilines is 1.